The molecule has 0 aliphatic heterocycles. The number of benzene rings is 1. The molecule has 0 bridgehead atoms. The minimum Gasteiger partial charge on any atom is -0.285 e. The van der Waals surface area contributed by atoms with Crippen LogP contribution < -0.4 is 0 Å². The number of hydrogen-bond donors (Lipinski definition) is 0. The molecule has 60 valence electrons. The number of halogens is 2. The smallest absolute Gasteiger partial charge is 0.208 e. The summed E-state index contributed by atoms with van der Waals surface area (Å²) >= 11 is 9.84. The summed E-state index contributed by atoms with van der Waals surface area (Å²) in [5.74, 6) is 0.834. The maximum Gasteiger partial charge on any atom is 0.208 e. The highest BCUT2D eigenvalue weighted by atomic mass is 35.5. The van der Waals surface area contributed by atoms with Gasteiger partial charge in [-0.2, -0.15) is 0 Å². The summed E-state index contributed by atoms with van der Waals surface area (Å²) in [6.45, 7) is 0. The Morgan fingerprint density at radius 3 is 2.00 bits per heavy atom. The standard InChI is InChI=1S/C7H7Cl.CHClO/c8-6-7-4-2-1-3-5-7;2-1-3/h1-5H,6H2;1H. The SMILES string of the molecule is ClCc1ccccc1.O=CCl. The Hall–Kier alpha value is -0.530. The molecule has 1 rings (SSSR count). The van der Waals surface area contributed by atoms with E-state index in [1.807, 2.05) is 30.3 Å². The Labute approximate surface area is 75.9 Å². The zero-order valence-corrected chi connectivity index (χ0v) is 7.35. The molecule has 0 atom stereocenters. The maximum atomic E-state index is 8.57. The van der Waals surface area contributed by atoms with Gasteiger partial charge in [0, 0.05) is 5.88 Å². The highest BCUT2D eigenvalue weighted by Gasteiger charge is 1.81. The van der Waals surface area contributed by atoms with Crippen LogP contribution in [0.4, 0.5) is 0 Å². The summed E-state index contributed by atoms with van der Waals surface area (Å²) < 4.78 is 0. The van der Waals surface area contributed by atoms with Gasteiger partial charge in [-0.15, -0.1) is 11.6 Å². The van der Waals surface area contributed by atoms with E-state index in [0.717, 1.165) is 0 Å². The maximum absolute atomic E-state index is 8.57. The monoisotopic (exact) mass is 190 g/mol. The van der Waals surface area contributed by atoms with Gasteiger partial charge in [-0.3, -0.25) is 4.79 Å². The predicted molar refractivity (Wildman–Crippen MR) is 48.6 cm³/mol. The van der Waals surface area contributed by atoms with Gasteiger partial charge in [0.15, 0.2) is 0 Å². The summed E-state index contributed by atoms with van der Waals surface area (Å²) in [7, 11) is 0. The van der Waals surface area contributed by atoms with Crippen molar-refractivity contribution in [2.24, 2.45) is 0 Å². The molecule has 0 spiro atoms. The van der Waals surface area contributed by atoms with Gasteiger partial charge < -0.3 is 0 Å². The molecule has 0 aliphatic carbocycles. The molecule has 0 heterocycles. The van der Waals surface area contributed by atoms with Gasteiger partial charge in [-0.05, 0) is 17.2 Å². The molecule has 11 heavy (non-hydrogen) atoms. The average molecular weight is 191 g/mol. The van der Waals surface area contributed by atoms with Crippen LogP contribution in [0.3, 0.4) is 0 Å². The molecular formula is C8H8Cl2O. The molecule has 0 aliphatic rings. The fraction of sp³-hybridized carbons (Fsp3) is 0.125. The van der Waals surface area contributed by atoms with E-state index in [1.165, 1.54) is 5.56 Å². The third-order valence-electron chi connectivity index (χ3n) is 0.997. The van der Waals surface area contributed by atoms with E-state index in [1.54, 1.807) is 0 Å². The lowest BCUT2D eigenvalue weighted by atomic mass is 10.2. The van der Waals surface area contributed by atoms with Crippen molar-refractivity contribution in [3.63, 3.8) is 0 Å². The number of hydrogen-bond acceptors (Lipinski definition) is 1. The van der Waals surface area contributed by atoms with E-state index in [9.17, 15) is 0 Å². The van der Waals surface area contributed by atoms with Crippen LogP contribution in [0.15, 0.2) is 30.3 Å². The first-order valence-corrected chi connectivity index (χ1v) is 3.96. The zero-order valence-electron chi connectivity index (χ0n) is 5.84. The lowest BCUT2D eigenvalue weighted by molar-refractivity contribution is 0.569. The summed E-state index contributed by atoms with van der Waals surface area (Å²) in [6, 6.07) is 9.96. The highest BCUT2D eigenvalue weighted by Crippen LogP contribution is 2.00. The van der Waals surface area contributed by atoms with Crippen molar-refractivity contribution in [1.82, 2.24) is 0 Å². The van der Waals surface area contributed by atoms with Gasteiger partial charge in [-0.1, -0.05) is 30.3 Å². The molecule has 0 fully saturated rings. The largest absolute Gasteiger partial charge is 0.285 e. The van der Waals surface area contributed by atoms with Gasteiger partial charge in [0.25, 0.3) is 0 Å². The summed E-state index contributed by atoms with van der Waals surface area (Å²) in [6.07, 6.45) is 0. The fourth-order valence-electron chi connectivity index (χ4n) is 0.567. The molecule has 3 heteroatoms. The second-order valence-corrected chi connectivity index (χ2v) is 2.15. The van der Waals surface area contributed by atoms with E-state index < -0.39 is 0 Å². The van der Waals surface area contributed by atoms with E-state index in [-0.39, 0.29) is 5.75 Å². The second kappa shape index (κ2) is 7.58. The van der Waals surface area contributed by atoms with Crippen molar-refractivity contribution in [2.75, 3.05) is 0 Å². The fourth-order valence-corrected chi connectivity index (χ4v) is 0.745. The zero-order chi connectivity index (χ0) is 8.53. The molecule has 1 aromatic carbocycles. The topological polar surface area (TPSA) is 17.1 Å². The quantitative estimate of drug-likeness (QED) is 0.379. The minimum atomic E-state index is 0.222. The van der Waals surface area contributed by atoms with Crippen LogP contribution in [0.1, 0.15) is 5.56 Å². The van der Waals surface area contributed by atoms with Crippen molar-refractivity contribution in [2.45, 2.75) is 5.88 Å². The first-order valence-electron chi connectivity index (χ1n) is 2.99. The van der Waals surface area contributed by atoms with Crippen molar-refractivity contribution < 1.29 is 4.79 Å². The molecule has 0 saturated heterocycles. The molecular weight excluding hydrogens is 183 g/mol. The molecule has 0 N–H and O–H groups in total. The van der Waals surface area contributed by atoms with E-state index in [4.69, 9.17) is 16.4 Å². The number of alkyl halides is 1. The Kier molecular flexibility index (Phi) is 7.21. The molecule has 0 radical (unpaired) electrons. The third kappa shape index (κ3) is 5.89. The Morgan fingerprint density at radius 2 is 1.73 bits per heavy atom. The first kappa shape index (κ1) is 10.5. The van der Waals surface area contributed by atoms with Gasteiger partial charge in [-0.25, -0.2) is 0 Å². The minimum absolute atomic E-state index is 0.222. The van der Waals surface area contributed by atoms with E-state index in [2.05, 4.69) is 11.6 Å². The van der Waals surface area contributed by atoms with Gasteiger partial charge in [0.1, 0.15) is 0 Å². The molecule has 0 amide bonds. The lowest BCUT2D eigenvalue weighted by Crippen LogP contribution is -1.71. The molecule has 0 saturated carbocycles. The molecule has 1 nitrogen and oxygen atoms in total. The van der Waals surface area contributed by atoms with E-state index in [0.29, 0.717) is 5.88 Å². The van der Waals surface area contributed by atoms with Crippen molar-refractivity contribution in [1.29, 1.82) is 0 Å². The van der Waals surface area contributed by atoms with Crippen molar-refractivity contribution in [3.05, 3.63) is 35.9 Å². The molecule has 0 unspecified atom stereocenters. The van der Waals surface area contributed by atoms with Gasteiger partial charge in [0.2, 0.25) is 5.75 Å². The van der Waals surface area contributed by atoms with Crippen molar-refractivity contribution >= 4 is 28.9 Å². The normalized spacial score (nSPS) is 7.82. The number of rotatable bonds is 1. The van der Waals surface area contributed by atoms with Crippen molar-refractivity contribution in [3.8, 4) is 0 Å². The Morgan fingerprint density at radius 1 is 1.27 bits per heavy atom. The Balaban J connectivity index is 0.000000292. The third-order valence-corrected chi connectivity index (χ3v) is 1.31. The van der Waals surface area contributed by atoms with Crippen LogP contribution in [-0.4, -0.2) is 5.75 Å². The molecule has 0 aromatic heterocycles. The van der Waals surface area contributed by atoms with Crippen LogP contribution in [0.25, 0.3) is 0 Å². The predicted octanol–water partition coefficient (Wildman–Crippen LogP) is 2.84. The lowest BCUT2D eigenvalue weighted by Gasteiger charge is -1.88. The van der Waals surface area contributed by atoms with Gasteiger partial charge in [0.05, 0.1) is 0 Å². The molecule has 1 aromatic rings. The summed E-state index contributed by atoms with van der Waals surface area (Å²) in [5, 5.41) is 0. The van der Waals surface area contributed by atoms with Crippen LogP contribution in [0.2, 0.25) is 0 Å². The van der Waals surface area contributed by atoms with E-state index >= 15 is 0 Å². The van der Waals surface area contributed by atoms with Gasteiger partial charge >= 0.3 is 0 Å². The van der Waals surface area contributed by atoms with Crippen LogP contribution in [0.5, 0.6) is 0 Å². The second-order valence-electron chi connectivity index (χ2n) is 1.71. The average Bonchev–Trinajstić information content (AvgIpc) is 2.08. The highest BCUT2D eigenvalue weighted by molar-refractivity contribution is 6.54. The first-order chi connectivity index (χ1) is 5.35. The van der Waals surface area contributed by atoms with Crippen LogP contribution >= 0.6 is 23.2 Å². The Bertz CT molecular complexity index is 187. The summed E-state index contributed by atoms with van der Waals surface area (Å²) in [4.78, 5) is 8.57. The number of carbonyl (C=O) groups is 1. The summed E-state index contributed by atoms with van der Waals surface area (Å²) in [5.41, 5.74) is 1.18. The number of carbonyl (C=O) groups excluding carboxylic acids is 1. The van der Waals surface area contributed by atoms with Crippen LogP contribution in [-0.2, 0) is 10.7 Å². The van der Waals surface area contributed by atoms with Crippen LogP contribution in [0, 0.1) is 0 Å².